The maximum atomic E-state index is 13.0. The van der Waals surface area contributed by atoms with Crippen molar-refractivity contribution >= 4 is 17.0 Å². The van der Waals surface area contributed by atoms with Crippen LogP contribution in [0.5, 0.6) is 0 Å². The summed E-state index contributed by atoms with van der Waals surface area (Å²) < 4.78 is 10.8. The van der Waals surface area contributed by atoms with Gasteiger partial charge in [0.2, 0.25) is 0 Å². The van der Waals surface area contributed by atoms with E-state index < -0.39 is 0 Å². The van der Waals surface area contributed by atoms with Crippen LogP contribution in [0, 0.1) is 0 Å². The van der Waals surface area contributed by atoms with Crippen molar-refractivity contribution in [3.05, 3.63) is 23.0 Å². The number of pyridine rings is 1. The second-order valence-corrected chi connectivity index (χ2v) is 6.33. The number of hydrogen-bond donors (Lipinski definition) is 0. The molecule has 6 heteroatoms. The van der Waals surface area contributed by atoms with Crippen molar-refractivity contribution in [1.82, 2.24) is 15.0 Å². The molecule has 1 aliphatic heterocycles. The van der Waals surface area contributed by atoms with E-state index in [0.717, 1.165) is 42.5 Å². The molecule has 0 spiro atoms. The minimum atomic E-state index is 0.0446. The third kappa shape index (κ3) is 2.72. The number of fused-ring (bicyclic) bond motifs is 1. The van der Waals surface area contributed by atoms with Crippen molar-refractivity contribution in [2.75, 3.05) is 26.3 Å². The van der Waals surface area contributed by atoms with Gasteiger partial charge in [-0.1, -0.05) is 18.5 Å². The molecule has 1 saturated carbocycles. The number of rotatable bonds is 4. The molecular weight excluding hydrogens is 294 g/mol. The lowest BCUT2D eigenvalue weighted by Crippen LogP contribution is -2.40. The van der Waals surface area contributed by atoms with Gasteiger partial charge in [0.1, 0.15) is 0 Å². The van der Waals surface area contributed by atoms with Crippen LogP contribution in [0.4, 0.5) is 0 Å². The number of hydrogen-bond acceptors (Lipinski definition) is 5. The van der Waals surface area contributed by atoms with Crippen LogP contribution in [-0.4, -0.2) is 47.3 Å². The summed E-state index contributed by atoms with van der Waals surface area (Å²) in [5, 5.41) is 4.96. The first kappa shape index (κ1) is 14.6. The molecule has 2 fully saturated rings. The molecule has 0 bridgehead atoms. The number of morpholine rings is 1. The van der Waals surface area contributed by atoms with Gasteiger partial charge in [0.25, 0.3) is 11.6 Å². The highest BCUT2D eigenvalue weighted by atomic mass is 16.5. The number of carbonyl (C=O) groups is 1. The van der Waals surface area contributed by atoms with Gasteiger partial charge in [0.15, 0.2) is 0 Å². The largest absolute Gasteiger partial charge is 0.378 e. The smallest absolute Gasteiger partial charge is 0.259 e. The molecule has 4 rings (SSSR count). The van der Waals surface area contributed by atoms with E-state index in [4.69, 9.17) is 9.26 Å². The van der Waals surface area contributed by atoms with Crippen LogP contribution in [0.15, 0.2) is 10.6 Å². The Morgan fingerprint density at radius 3 is 2.83 bits per heavy atom. The normalized spacial score (nSPS) is 18.6. The van der Waals surface area contributed by atoms with Crippen LogP contribution in [0.1, 0.15) is 53.8 Å². The molecule has 0 unspecified atom stereocenters. The molecule has 23 heavy (non-hydrogen) atoms. The first-order valence-corrected chi connectivity index (χ1v) is 8.44. The minimum Gasteiger partial charge on any atom is -0.378 e. The van der Waals surface area contributed by atoms with Crippen LogP contribution in [0.2, 0.25) is 0 Å². The molecule has 2 aromatic heterocycles. The summed E-state index contributed by atoms with van der Waals surface area (Å²) >= 11 is 0. The molecule has 6 nitrogen and oxygen atoms in total. The zero-order valence-corrected chi connectivity index (χ0v) is 13.4. The molecule has 0 N–H and O–H groups in total. The van der Waals surface area contributed by atoms with Crippen LogP contribution in [0.3, 0.4) is 0 Å². The zero-order valence-electron chi connectivity index (χ0n) is 13.4. The van der Waals surface area contributed by atoms with Crippen LogP contribution in [0.25, 0.3) is 11.1 Å². The lowest BCUT2D eigenvalue weighted by Gasteiger charge is -2.27. The summed E-state index contributed by atoms with van der Waals surface area (Å²) in [6.07, 6.45) is 4.03. The van der Waals surface area contributed by atoms with E-state index in [1.54, 1.807) is 0 Å². The number of carbonyl (C=O) groups excluding carboxylic acids is 1. The average molecular weight is 315 g/mol. The highest BCUT2D eigenvalue weighted by Crippen LogP contribution is 2.40. The third-order valence-electron chi connectivity index (χ3n) is 4.55. The first-order chi connectivity index (χ1) is 11.3. The first-order valence-electron chi connectivity index (χ1n) is 8.44. The van der Waals surface area contributed by atoms with E-state index in [1.165, 1.54) is 0 Å². The van der Waals surface area contributed by atoms with E-state index in [9.17, 15) is 4.79 Å². The van der Waals surface area contributed by atoms with Gasteiger partial charge in [-0.2, -0.15) is 0 Å². The van der Waals surface area contributed by atoms with Crippen LogP contribution >= 0.6 is 0 Å². The Kier molecular flexibility index (Phi) is 3.77. The second kappa shape index (κ2) is 5.92. The Balaban J connectivity index is 1.80. The summed E-state index contributed by atoms with van der Waals surface area (Å²) in [5.74, 6) is 0.513. The molecular formula is C17H21N3O3. The average Bonchev–Trinajstić information content (AvgIpc) is 3.37. The molecule has 0 radical (unpaired) electrons. The SMILES string of the molecule is CCCc1noc2nc(C3CC3)cc(C(=O)N3CCOCC3)c12. The summed E-state index contributed by atoms with van der Waals surface area (Å²) in [6.45, 7) is 4.56. The van der Waals surface area contributed by atoms with Crippen molar-refractivity contribution < 1.29 is 14.1 Å². The summed E-state index contributed by atoms with van der Waals surface area (Å²) in [4.78, 5) is 19.5. The fraction of sp³-hybridized carbons (Fsp3) is 0.588. The van der Waals surface area contributed by atoms with E-state index in [2.05, 4.69) is 17.1 Å². The summed E-state index contributed by atoms with van der Waals surface area (Å²) in [7, 11) is 0. The molecule has 122 valence electrons. The van der Waals surface area contributed by atoms with Crippen molar-refractivity contribution in [2.45, 2.75) is 38.5 Å². The van der Waals surface area contributed by atoms with Gasteiger partial charge in [-0.25, -0.2) is 4.98 Å². The molecule has 0 aromatic carbocycles. The van der Waals surface area contributed by atoms with E-state index in [0.29, 0.717) is 43.5 Å². The van der Waals surface area contributed by atoms with E-state index >= 15 is 0 Å². The fourth-order valence-electron chi connectivity index (χ4n) is 3.13. The third-order valence-corrected chi connectivity index (χ3v) is 4.55. The molecule has 1 saturated heterocycles. The number of amides is 1. The van der Waals surface area contributed by atoms with Gasteiger partial charge in [0, 0.05) is 24.7 Å². The lowest BCUT2D eigenvalue weighted by molar-refractivity contribution is 0.0304. The molecule has 1 amide bonds. The minimum absolute atomic E-state index is 0.0446. The van der Waals surface area contributed by atoms with Gasteiger partial charge in [0.05, 0.1) is 29.9 Å². The second-order valence-electron chi connectivity index (χ2n) is 6.33. The zero-order chi connectivity index (χ0) is 15.8. The standard InChI is InChI=1S/C17H21N3O3/c1-2-3-13-15-12(17(21)20-6-8-22-9-7-20)10-14(11-4-5-11)18-16(15)23-19-13/h10-11H,2-9H2,1H3. The maximum absolute atomic E-state index is 13.0. The Hall–Kier alpha value is -1.95. The number of aryl methyl sites for hydroxylation is 1. The topological polar surface area (TPSA) is 68.5 Å². The monoisotopic (exact) mass is 315 g/mol. The quantitative estimate of drug-likeness (QED) is 0.867. The lowest BCUT2D eigenvalue weighted by atomic mass is 10.0. The predicted molar refractivity (Wildman–Crippen MR) is 84.5 cm³/mol. The summed E-state index contributed by atoms with van der Waals surface area (Å²) in [6, 6.07) is 1.97. The number of nitrogens with zero attached hydrogens (tertiary/aromatic N) is 3. The molecule has 1 aliphatic carbocycles. The molecule has 2 aliphatic rings. The van der Waals surface area contributed by atoms with Crippen molar-refractivity contribution in [1.29, 1.82) is 0 Å². The maximum Gasteiger partial charge on any atom is 0.259 e. The van der Waals surface area contributed by atoms with Gasteiger partial charge in [-0.05, 0) is 25.3 Å². The van der Waals surface area contributed by atoms with Gasteiger partial charge in [-0.3, -0.25) is 4.79 Å². The molecule has 0 atom stereocenters. The summed E-state index contributed by atoms with van der Waals surface area (Å²) in [5.41, 5.74) is 3.01. The number of aromatic nitrogens is 2. The Bertz CT molecular complexity index is 730. The van der Waals surface area contributed by atoms with Gasteiger partial charge < -0.3 is 14.2 Å². The fourth-order valence-corrected chi connectivity index (χ4v) is 3.13. The Labute approximate surface area is 134 Å². The predicted octanol–water partition coefficient (Wildman–Crippen LogP) is 2.53. The molecule has 3 heterocycles. The number of ether oxygens (including phenoxy) is 1. The van der Waals surface area contributed by atoms with Crippen molar-refractivity contribution in [3.63, 3.8) is 0 Å². The van der Waals surface area contributed by atoms with Crippen molar-refractivity contribution in [2.24, 2.45) is 0 Å². The molecule has 2 aromatic rings. The van der Waals surface area contributed by atoms with E-state index in [-0.39, 0.29) is 5.91 Å². The van der Waals surface area contributed by atoms with Gasteiger partial charge >= 0.3 is 0 Å². The van der Waals surface area contributed by atoms with Gasteiger partial charge in [-0.15, -0.1) is 0 Å². The van der Waals surface area contributed by atoms with Crippen molar-refractivity contribution in [3.8, 4) is 0 Å². The van der Waals surface area contributed by atoms with E-state index in [1.807, 2.05) is 11.0 Å². The highest BCUT2D eigenvalue weighted by molar-refractivity contribution is 6.06. The van der Waals surface area contributed by atoms with Crippen LogP contribution < -0.4 is 0 Å². The Morgan fingerprint density at radius 1 is 1.35 bits per heavy atom. The highest BCUT2D eigenvalue weighted by Gasteiger charge is 2.30. The Morgan fingerprint density at radius 2 is 2.13 bits per heavy atom. The van der Waals surface area contributed by atoms with Crippen LogP contribution in [-0.2, 0) is 11.2 Å².